The van der Waals surface area contributed by atoms with Gasteiger partial charge in [0.2, 0.25) is 5.91 Å². The van der Waals surface area contributed by atoms with Crippen LogP contribution < -0.4 is 5.32 Å². The molecule has 1 aromatic carbocycles. The maximum absolute atomic E-state index is 11.0. The molecule has 14 heavy (non-hydrogen) atoms. The molecule has 0 fully saturated rings. The number of nitriles is 1. The fourth-order valence-electron chi connectivity index (χ4n) is 0.970. The van der Waals surface area contributed by atoms with Gasteiger partial charge in [-0.1, -0.05) is 12.1 Å². The van der Waals surface area contributed by atoms with Crippen molar-refractivity contribution < 1.29 is 9.90 Å². The lowest BCUT2D eigenvalue weighted by atomic mass is 10.2. The number of amides is 1. The summed E-state index contributed by atoms with van der Waals surface area (Å²) in [4.78, 5) is 11.0. The Morgan fingerprint density at radius 2 is 2.07 bits per heavy atom. The molecule has 0 radical (unpaired) electrons. The Bertz CT molecular complexity index is 351. The molecule has 0 spiro atoms. The van der Waals surface area contributed by atoms with E-state index in [2.05, 4.69) is 5.32 Å². The first-order chi connectivity index (χ1) is 6.76. The number of aliphatic hydroxyl groups excluding tert-OH is 1. The highest BCUT2D eigenvalue weighted by Crippen LogP contribution is 2.09. The van der Waals surface area contributed by atoms with Crippen LogP contribution in [-0.2, 0) is 11.4 Å². The molecule has 0 bridgehead atoms. The van der Waals surface area contributed by atoms with Crippen LogP contribution in [0.5, 0.6) is 0 Å². The molecule has 0 aliphatic carbocycles. The summed E-state index contributed by atoms with van der Waals surface area (Å²) in [6.45, 7) is -0.0214. The molecule has 4 nitrogen and oxygen atoms in total. The van der Waals surface area contributed by atoms with E-state index >= 15 is 0 Å². The van der Waals surface area contributed by atoms with Crippen LogP contribution in [-0.4, -0.2) is 11.0 Å². The van der Waals surface area contributed by atoms with Gasteiger partial charge in [-0.25, -0.2) is 0 Å². The summed E-state index contributed by atoms with van der Waals surface area (Å²) in [7, 11) is 0. The molecule has 1 rings (SSSR count). The second-order valence-corrected chi connectivity index (χ2v) is 2.74. The molecule has 0 heterocycles. The van der Waals surface area contributed by atoms with Gasteiger partial charge < -0.3 is 10.4 Å². The zero-order chi connectivity index (χ0) is 10.4. The van der Waals surface area contributed by atoms with Crippen LogP contribution in [0.15, 0.2) is 24.3 Å². The van der Waals surface area contributed by atoms with Crippen molar-refractivity contribution in [3.63, 3.8) is 0 Å². The van der Waals surface area contributed by atoms with Crippen molar-refractivity contribution in [2.45, 2.75) is 13.0 Å². The largest absolute Gasteiger partial charge is 0.392 e. The van der Waals surface area contributed by atoms with Gasteiger partial charge in [-0.2, -0.15) is 5.26 Å². The number of benzene rings is 1. The first kappa shape index (κ1) is 10.2. The van der Waals surface area contributed by atoms with Crippen LogP contribution >= 0.6 is 0 Å². The van der Waals surface area contributed by atoms with Gasteiger partial charge in [0.15, 0.2) is 0 Å². The molecule has 0 aliphatic heterocycles. The Kier molecular flexibility index (Phi) is 3.65. The van der Waals surface area contributed by atoms with Crippen molar-refractivity contribution >= 4 is 11.6 Å². The highest BCUT2D eigenvalue weighted by Gasteiger charge is 2.00. The number of aliphatic hydroxyl groups is 1. The van der Waals surface area contributed by atoms with E-state index in [9.17, 15) is 4.79 Å². The van der Waals surface area contributed by atoms with Crippen molar-refractivity contribution in [3.05, 3.63) is 29.8 Å². The molecular formula is C10H10N2O2. The Balaban J connectivity index is 2.60. The van der Waals surface area contributed by atoms with Crippen molar-refractivity contribution in [2.24, 2.45) is 0 Å². The minimum atomic E-state index is -0.329. The molecule has 1 aromatic rings. The number of hydrogen-bond acceptors (Lipinski definition) is 3. The van der Waals surface area contributed by atoms with Crippen LogP contribution in [0.2, 0.25) is 0 Å². The zero-order valence-electron chi connectivity index (χ0n) is 7.53. The first-order valence-electron chi connectivity index (χ1n) is 4.13. The summed E-state index contributed by atoms with van der Waals surface area (Å²) in [5.41, 5.74) is 1.41. The van der Waals surface area contributed by atoms with E-state index in [-0.39, 0.29) is 18.9 Å². The summed E-state index contributed by atoms with van der Waals surface area (Å²) in [5, 5.41) is 19.6. The van der Waals surface area contributed by atoms with Crippen LogP contribution in [0.25, 0.3) is 0 Å². The fourth-order valence-corrected chi connectivity index (χ4v) is 0.970. The summed E-state index contributed by atoms with van der Waals surface area (Å²) in [6, 6.07) is 8.54. The predicted octanol–water partition coefficient (Wildman–Crippen LogP) is 1.03. The van der Waals surface area contributed by atoms with Gasteiger partial charge in [0.1, 0.15) is 6.42 Å². The lowest BCUT2D eigenvalue weighted by molar-refractivity contribution is -0.115. The van der Waals surface area contributed by atoms with E-state index in [0.717, 1.165) is 5.56 Å². The molecule has 0 saturated carbocycles. The third-order valence-electron chi connectivity index (χ3n) is 1.66. The number of hydrogen-bond donors (Lipinski definition) is 2. The van der Waals surface area contributed by atoms with Crippen LogP contribution in [0.1, 0.15) is 12.0 Å². The topological polar surface area (TPSA) is 73.1 Å². The average molecular weight is 190 g/mol. The van der Waals surface area contributed by atoms with Gasteiger partial charge in [0.05, 0.1) is 12.7 Å². The minimum absolute atomic E-state index is 0.0214. The Morgan fingerprint density at radius 1 is 1.43 bits per heavy atom. The molecule has 0 atom stereocenters. The van der Waals surface area contributed by atoms with Gasteiger partial charge in [-0.05, 0) is 17.7 Å². The highest BCUT2D eigenvalue weighted by atomic mass is 16.3. The van der Waals surface area contributed by atoms with E-state index in [1.807, 2.05) is 0 Å². The summed E-state index contributed by atoms with van der Waals surface area (Å²) in [6.07, 6.45) is -0.151. The van der Waals surface area contributed by atoms with E-state index in [1.54, 1.807) is 30.3 Å². The van der Waals surface area contributed by atoms with Gasteiger partial charge in [-0.15, -0.1) is 0 Å². The van der Waals surface area contributed by atoms with Crippen LogP contribution in [0.3, 0.4) is 0 Å². The minimum Gasteiger partial charge on any atom is -0.392 e. The molecule has 0 aromatic heterocycles. The van der Waals surface area contributed by atoms with Crippen molar-refractivity contribution in [1.29, 1.82) is 5.26 Å². The average Bonchev–Trinajstić information content (AvgIpc) is 2.19. The first-order valence-corrected chi connectivity index (χ1v) is 4.13. The molecule has 1 amide bonds. The normalized spacial score (nSPS) is 9.14. The number of carbonyl (C=O) groups excluding carboxylic acids is 1. The van der Waals surface area contributed by atoms with Crippen molar-refractivity contribution in [2.75, 3.05) is 5.32 Å². The van der Waals surface area contributed by atoms with Gasteiger partial charge in [0.25, 0.3) is 0 Å². The fraction of sp³-hybridized carbons (Fsp3) is 0.200. The standard InChI is InChI=1S/C10H10N2O2/c11-6-5-10(14)12-9-3-1-8(7-13)2-4-9/h1-4,13H,5,7H2,(H,12,14). The van der Waals surface area contributed by atoms with E-state index in [0.29, 0.717) is 5.69 Å². The second-order valence-electron chi connectivity index (χ2n) is 2.74. The second kappa shape index (κ2) is 5.00. The van der Waals surface area contributed by atoms with E-state index in [1.165, 1.54) is 0 Å². The lowest BCUT2D eigenvalue weighted by Gasteiger charge is -2.02. The summed E-state index contributed by atoms with van der Waals surface area (Å²) in [5.74, 6) is -0.329. The summed E-state index contributed by atoms with van der Waals surface area (Å²) >= 11 is 0. The molecule has 2 N–H and O–H groups in total. The number of anilines is 1. The summed E-state index contributed by atoms with van der Waals surface area (Å²) < 4.78 is 0. The van der Waals surface area contributed by atoms with Gasteiger partial charge in [-0.3, -0.25) is 4.79 Å². The van der Waals surface area contributed by atoms with Gasteiger partial charge >= 0.3 is 0 Å². The Labute approximate surface area is 81.8 Å². The van der Waals surface area contributed by atoms with Crippen molar-refractivity contribution in [1.82, 2.24) is 0 Å². The SMILES string of the molecule is N#CCC(=O)Nc1ccc(CO)cc1. The lowest BCUT2D eigenvalue weighted by Crippen LogP contribution is -2.09. The maximum Gasteiger partial charge on any atom is 0.238 e. The van der Waals surface area contributed by atoms with Crippen LogP contribution in [0.4, 0.5) is 5.69 Å². The quantitative estimate of drug-likeness (QED) is 0.747. The monoisotopic (exact) mass is 190 g/mol. The van der Waals surface area contributed by atoms with Crippen LogP contribution in [0, 0.1) is 11.3 Å². The molecule has 0 unspecified atom stereocenters. The van der Waals surface area contributed by atoms with E-state index < -0.39 is 0 Å². The molecule has 72 valence electrons. The number of nitrogens with one attached hydrogen (secondary N) is 1. The third kappa shape index (κ3) is 2.88. The molecule has 0 saturated heterocycles. The number of nitrogens with zero attached hydrogens (tertiary/aromatic N) is 1. The Hall–Kier alpha value is -1.86. The molecule has 0 aliphatic rings. The molecular weight excluding hydrogens is 180 g/mol. The molecule has 4 heteroatoms. The highest BCUT2D eigenvalue weighted by molar-refractivity contribution is 5.91. The number of rotatable bonds is 3. The van der Waals surface area contributed by atoms with Crippen molar-refractivity contribution in [3.8, 4) is 6.07 Å². The Morgan fingerprint density at radius 3 is 2.57 bits per heavy atom. The van der Waals surface area contributed by atoms with E-state index in [4.69, 9.17) is 10.4 Å². The zero-order valence-corrected chi connectivity index (χ0v) is 7.53. The third-order valence-corrected chi connectivity index (χ3v) is 1.66. The number of carbonyl (C=O) groups is 1. The van der Waals surface area contributed by atoms with Gasteiger partial charge in [0, 0.05) is 5.69 Å². The maximum atomic E-state index is 11.0. The smallest absolute Gasteiger partial charge is 0.238 e. The predicted molar refractivity (Wildman–Crippen MR) is 51.2 cm³/mol.